The summed E-state index contributed by atoms with van der Waals surface area (Å²) in [7, 11) is 0. The normalized spacial score (nSPS) is 9.91. The second kappa shape index (κ2) is 5.94. The summed E-state index contributed by atoms with van der Waals surface area (Å²) in [4.78, 5) is 44.7. The van der Waals surface area contributed by atoms with Crippen molar-refractivity contribution in [2.75, 3.05) is 10.0 Å². The summed E-state index contributed by atoms with van der Waals surface area (Å²) < 4.78 is 0. The van der Waals surface area contributed by atoms with Crippen LogP contribution in [0.2, 0.25) is 0 Å². The van der Waals surface area contributed by atoms with Crippen LogP contribution in [0.3, 0.4) is 0 Å². The summed E-state index contributed by atoms with van der Waals surface area (Å²) in [5.41, 5.74) is 7.49. The summed E-state index contributed by atoms with van der Waals surface area (Å²) in [5, 5.41) is 18.6. The highest BCUT2D eigenvalue weighted by Gasteiger charge is 2.27. The minimum atomic E-state index is -1.64. The van der Waals surface area contributed by atoms with E-state index >= 15 is 0 Å². The van der Waals surface area contributed by atoms with Gasteiger partial charge in [-0.2, -0.15) is 0 Å². The van der Waals surface area contributed by atoms with E-state index in [1.165, 1.54) is 0 Å². The first kappa shape index (κ1) is 16.7. The van der Waals surface area contributed by atoms with Crippen LogP contribution in [0.25, 0.3) is 0 Å². The van der Waals surface area contributed by atoms with Gasteiger partial charge in [-0.05, 0) is 12.1 Å². The van der Waals surface area contributed by atoms with Crippen molar-refractivity contribution in [2.45, 2.75) is 0 Å². The lowest BCUT2D eigenvalue weighted by molar-refractivity contribution is 0.0682. The summed E-state index contributed by atoms with van der Waals surface area (Å²) in [6, 6.07) is -0.957. The first-order chi connectivity index (χ1) is 10.1. The second-order valence-electron chi connectivity index (χ2n) is 3.92. The zero-order valence-electron chi connectivity index (χ0n) is 10.9. The molecule has 0 heterocycles. The summed E-state index contributed by atoms with van der Waals surface area (Å²) in [5.74, 6) is 7.50. The van der Waals surface area contributed by atoms with Gasteiger partial charge in [0.15, 0.2) is 0 Å². The lowest BCUT2D eigenvalue weighted by Gasteiger charge is -2.22. The van der Waals surface area contributed by atoms with Crippen molar-refractivity contribution in [1.82, 2.24) is 0 Å². The molecule has 0 aliphatic rings. The molecule has 0 radical (unpaired) electrons. The van der Waals surface area contributed by atoms with Gasteiger partial charge < -0.3 is 21.7 Å². The number of carboxylic acids is 2. The Morgan fingerprint density at radius 3 is 1.41 bits per heavy atom. The molecule has 118 valence electrons. The first-order valence-electron chi connectivity index (χ1n) is 5.41. The van der Waals surface area contributed by atoms with Crippen LogP contribution in [0.1, 0.15) is 20.7 Å². The van der Waals surface area contributed by atoms with E-state index in [9.17, 15) is 24.3 Å². The monoisotopic (exact) mass is 312 g/mol. The van der Waals surface area contributed by atoms with Gasteiger partial charge in [-0.15, -0.1) is 0 Å². The number of primary amides is 2. The van der Waals surface area contributed by atoms with Gasteiger partial charge >= 0.3 is 24.0 Å². The molecule has 1 aromatic carbocycles. The molecule has 0 aliphatic carbocycles. The number of hydrogen-bond donors (Lipinski definition) is 6. The van der Waals surface area contributed by atoms with E-state index in [1.807, 2.05) is 0 Å². The lowest BCUT2D eigenvalue weighted by atomic mass is 10.1. The van der Waals surface area contributed by atoms with E-state index in [0.717, 1.165) is 12.1 Å². The average Bonchev–Trinajstić information content (AvgIpc) is 2.43. The van der Waals surface area contributed by atoms with E-state index in [1.54, 1.807) is 0 Å². The predicted molar refractivity (Wildman–Crippen MR) is 72.9 cm³/mol. The fourth-order valence-electron chi connectivity index (χ4n) is 1.57. The molecular formula is C10H12N6O6. The van der Waals surface area contributed by atoms with Gasteiger partial charge in [0.05, 0.1) is 16.9 Å². The molecule has 0 bridgehead atoms. The fourth-order valence-corrected chi connectivity index (χ4v) is 1.57. The van der Waals surface area contributed by atoms with E-state index in [4.69, 9.17) is 28.3 Å². The van der Waals surface area contributed by atoms with E-state index < -0.39 is 46.5 Å². The zero-order valence-corrected chi connectivity index (χ0v) is 10.9. The first-order valence-corrected chi connectivity index (χ1v) is 5.41. The van der Waals surface area contributed by atoms with Gasteiger partial charge in [0.2, 0.25) is 0 Å². The number of hydrogen-bond acceptors (Lipinski definition) is 6. The second-order valence-corrected chi connectivity index (χ2v) is 3.92. The van der Waals surface area contributed by atoms with Crippen LogP contribution in [0.5, 0.6) is 0 Å². The number of carbonyl (C=O) groups excluding carboxylic acids is 2. The maximum absolute atomic E-state index is 11.4. The van der Waals surface area contributed by atoms with E-state index in [2.05, 4.69) is 0 Å². The average molecular weight is 312 g/mol. The van der Waals surface area contributed by atoms with Crippen LogP contribution in [-0.2, 0) is 0 Å². The molecule has 12 heteroatoms. The Bertz CT molecular complexity index is 633. The third kappa shape index (κ3) is 3.02. The van der Waals surface area contributed by atoms with Crippen LogP contribution in [0.4, 0.5) is 21.0 Å². The number of nitrogens with zero attached hydrogens (tertiary/aromatic N) is 2. The number of carbonyl (C=O) groups is 4. The molecule has 0 aromatic heterocycles. The molecule has 0 aliphatic heterocycles. The van der Waals surface area contributed by atoms with Crippen molar-refractivity contribution in [3.05, 3.63) is 23.3 Å². The zero-order chi connectivity index (χ0) is 17.2. The number of rotatable bonds is 4. The van der Waals surface area contributed by atoms with Gasteiger partial charge in [0.25, 0.3) is 0 Å². The van der Waals surface area contributed by atoms with Crippen molar-refractivity contribution in [3.8, 4) is 0 Å². The van der Waals surface area contributed by atoms with Crippen molar-refractivity contribution in [2.24, 2.45) is 23.2 Å². The summed E-state index contributed by atoms with van der Waals surface area (Å²) in [6.45, 7) is 0. The standard InChI is InChI=1S/C10H12N6O6/c11-9(21)15(13)4-1-3(7(17)18)2-5(6(4)8(19)20)16(14)10(12)22/h1-2H,13-14H2,(H2,11,21)(H2,12,22)(H,17,18)(H,19,20). The number of hydrazine groups is 2. The van der Waals surface area contributed by atoms with Crippen LogP contribution in [0, 0.1) is 0 Å². The number of nitrogens with two attached hydrogens (primary N) is 4. The van der Waals surface area contributed by atoms with Gasteiger partial charge in [0.1, 0.15) is 5.56 Å². The molecule has 0 fully saturated rings. The Morgan fingerprint density at radius 2 is 1.18 bits per heavy atom. The minimum absolute atomic E-state index is 0.203. The molecular weight excluding hydrogens is 300 g/mol. The third-order valence-corrected chi connectivity index (χ3v) is 2.55. The van der Waals surface area contributed by atoms with Crippen molar-refractivity contribution in [3.63, 3.8) is 0 Å². The molecule has 0 spiro atoms. The van der Waals surface area contributed by atoms with Gasteiger partial charge in [-0.1, -0.05) is 0 Å². The molecule has 1 aromatic rings. The topological polar surface area (TPSA) is 219 Å². The number of amides is 4. The SMILES string of the molecule is NC(=O)N(N)c1cc(C(=O)O)cc(N(N)C(N)=O)c1C(=O)O. The molecule has 12 nitrogen and oxygen atoms in total. The maximum atomic E-state index is 11.4. The van der Waals surface area contributed by atoms with Crippen LogP contribution < -0.4 is 33.2 Å². The molecule has 0 saturated carbocycles. The molecule has 4 amide bonds. The van der Waals surface area contributed by atoms with Crippen molar-refractivity contribution < 1.29 is 29.4 Å². The highest BCUT2D eigenvalue weighted by atomic mass is 16.4. The Morgan fingerprint density at radius 1 is 0.818 bits per heavy atom. The summed E-state index contributed by atoms with van der Waals surface area (Å²) >= 11 is 0. The van der Waals surface area contributed by atoms with Crippen LogP contribution >= 0.6 is 0 Å². The van der Waals surface area contributed by atoms with Gasteiger partial charge in [0, 0.05) is 0 Å². The Kier molecular flexibility index (Phi) is 4.50. The highest BCUT2D eigenvalue weighted by Crippen LogP contribution is 2.30. The van der Waals surface area contributed by atoms with Crippen LogP contribution in [-0.4, -0.2) is 34.2 Å². The molecule has 0 unspecified atom stereocenters. The van der Waals surface area contributed by atoms with Crippen LogP contribution in [0.15, 0.2) is 12.1 Å². The molecule has 22 heavy (non-hydrogen) atoms. The molecule has 0 saturated heterocycles. The van der Waals surface area contributed by atoms with E-state index in [0.29, 0.717) is 0 Å². The number of benzene rings is 1. The Labute approximate surface area is 122 Å². The Hall–Kier alpha value is -3.38. The number of aromatic carboxylic acids is 2. The largest absolute Gasteiger partial charge is 0.478 e. The van der Waals surface area contributed by atoms with Gasteiger partial charge in [-0.3, -0.25) is 0 Å². The molecule has 1 rings (SSSR count). The number of anilines is 2. The van der Waals surface area contributed by atoms with Gasteiger partial charge in [-0.25, -0.2) is 40.9 Å². The fraction of sp³-hybridized carbons (Fsp3) is 0. The quantitative estimate of drug-likeness (QED) is 0.220. The molecule has 0 atom stereocenters. The minimum Gasteiger partial charge on any atom is -0.478 e. The molecule has 10 N–H and O–H groups in total. The van der Waals surface area contributed by atoms with E-state index in [-0.39, 0.29) is 10.0 Å². The maximum Gasteiger partial charge on any atom is 0.340 e. The highest BCUT2D eigenvalue weighted by molar-refractivity contribution is 6.09. The number of urea groups is 2. The van der Waals surface area contributed by atoms with Crippen molar-refractivity contribution >= 4 is 35.4 Å². The predicted octanol–water partition coefficient (Wildman–Crippen LogP) is -1.40. The lowest BCUT2D eigenvalue weighted by Crippen LogP contribution is -2.45. The Balaban J connectivity index is 3.80. The third-order valence-electron chi connectivity index (χ3n) is 2.55. The smallest absolute Gasteiger partial charge is 0.340 e. The number of carboxylic acid groups (broad SMARTS) is 2. The van der Waals surface area contributed by atoms with Crippen molar-refractivity contribution in [1.29, 1.82) is 0 Å². The summed E-state index contributed by atoms with van der Waals surface area (Å²) in [6.07, 6.45) is 0.